The van der Waals surface area contributed by atoms with Crippen LogP contribution in [0.5, 0.6) is 5.75 Å². The molecule has 4 N–H and O–H groups in total. The highest BCUT2D eigenvalue weighted by atomic mass is 16.6. The number of alkyl carbamates (subject to hydrolysis) is 1. The quantitative estimate of drug-likeness (QED) is 0.450. The standard InChI is InChI=1S/C27H37N3O5/c1-18(2)15-22(24(28)31)29-25(32)23(30-26(33)35-27(3,4)5)16-19-11-13-21(14-12-19)34-17-20-9-7-6-8-10-20/h6-14,18,22-23H,15-17H2,1-5H3,(H2,28,31)(H,29,32)(H,30,33)/t22-,23-/m1/s1. The summed E-state index contributed by atoms with van der Waals surface area (Å²) in [6.07, 6.45) is -0.134. The maximum absolute atomic E-state index is 13.1. The zero-order chi connectivity index (χ0) is 26.0. The van der Waals surface area contributed by atoms with Crippen molar-refractivity contribution < 1.29 is 23.9 Å². The van der Waals surface area contributed by atoms with Crippen LogP contribution in [0.15, 0.2) is 54.6 Å². The van der Waals surface area contributed by atoms with Crippen molar-refractivity contribution in [1.29, 1.82) is 0 Å². The molecular weight excluding hydrogens is 446 g/mol. The summed E-state index contributed by atoms with van der Waals surface area (Å²) in [6.45, 7) is 9.51. The van der Waals surface area contributed by atoms with E-state index in [0.29, 0.717) is 18.8 Å². The van der Waals surface area contributed by atoms with Crippen LogP contribution in [-0.2, 0) is 27.4 Å². The lowest BCUT2D eigenvalue weighted by Gasteiger charge is -2.25. The summed E-state index contributed by atoms with van der Waals surface area (Å²) in [6, 6.07) is 15.3. The lowest BCUT2D eigenvalue weighted by atomic mass is 10.0. The topological polar surface area (TPSA) is 120 Å². The van der Waals surface area contributed by atoms with Crippen LogP contribution in [0.4, 0.5) is 4.79 Å². The largest absolute Gasteiger partial charge is 0.489 e. The molecule has 0 saturated heterocycles. The summed E-state index contributed by atoms with van der Waals surface area (Å²) < 4.78 is 11.1. The second kappa shape index (κ2) is 12.8. The van der Waals surface area contributed by atoms with E-state index < -0.39 is 35.6 Å². The molecule has 8 nitrogen and oxygen atoms in total. The van der Waals surface area contributed by atoms with E-state index in [1.54, 1.807) is 20.8 Å². The highest BCUT2D eigenvalue weighted by molar-refractivity contribution is 5.91. The molecule has 2 atom stereocenters. The van der Waals surface area contributed by atoms with E-state index in [1.807, 2.05) is 68.4 Å². The number of hydrogen-bond donors (Lipinski definition) is 3. The Morgan fingerprint density at radius 1 is 0.886 bits per heavy atom. The minimum absolute atomic E-state index is 0.147. The minimum atomic E-state index is -0.963. The summed E-state index contributed by atoms with van der Waals surface area (Å²) in [7, 11) is 0. The number of hydrogen-bond acceptors (Lipinski definition) is 5. The fraction of sp³-hybridized carbons (Fsp3) is 0.444. The van der Waals surface area contributed by atoms with E-state index in [2.05, 4.69) is 10.6 Å². The van der Waals surface area contributed by atoms with Crippen molar-refractivity contribution in [2.45, 2.75) is 71.8 Å². The average molecular weight is 484 g/mol. The number of carbonyl (C=O) groups excluding carboxylic acids is 3. The maximum Gasteiger partial charge on any atom is 0.408 e. The van der Waals surface area contributed by atoms with Crippen molar-refractivity contribution in [1.82, 2.24) is 10.6 Å². The molecule has 0 bridgehead atoms. The minimum Gasteiger partial charge on any atom is -0.489 e. The van der Waals surface area contributed by atoms with Gasteiger partial charge in [-0.25, -0.2) is 4.79 Å². The predicted octanol–water partition coefficient (Wildman–Crippen LogP) is 3.72. The van der Waals surface area contributed by atoms with Crippen molar-refractivity contribution in [3.63, 3.8) is 0 Å². The van der Waals surface area contributed by atoms with E-state index >= 15 is 0 Å². The Hall–Kier alpha value is -3.55. The smallest absolute Gasteiger partial charge is 0.408 e. The predicted molar refractivity (Wildman–Crippen MR) is 135 cm³/mol. The molecule has 0 unspecified atom stereocenters. The molecule has 0 heterocycles. The fourth-order valence-electron chi connectivity index (χ4n) is 3.35. The molecule has 35 heavy (non-hydrogen) atoms. The molecule has 0 aliphatic heterocycles. The lowest BCUT2D eigenvalue weighted by molar-refractivity contribution is -0.128. The Balaban J connectivity index is 2.10. The highest BCUT2D eigenvalue weighted by Crippen LogP contribution is 2.16. The summed E-state index contributed by atoms with van der Waals surface area (Å²) in [5, 5.41) is 5.30. The number of nitrogens with one attached hydrogen (secondary N) is 2. The number of benzene rings is 2. The van der Waals surface area contributed by atoms with Gasteiger partial charge < -0.3 is 25.8 Å². The van der Waals surface area contributed by atoms with E-state index in [-0.39, 0.29) is 12.3 Å². The molecule has 3 amide bonds. The molecule has 0 aromatic heterocycles. The first kappa shape index (κ1) is 27.7. The van der Waals surface area contributed by atoms with Crippen LogP contribution < -0.4 is 21.1 Å². The van der Waals surface area contributed by atoms with Gasteiger partial charge in [0.1, 0.15) is 30.0 Å². The maximum atomic E-state index is 13.1. The second-order valence-electron chi connectivity index (χ2n) is 9.91. The fourth-order valence-corrected chi connectivity index (χ4v) is 3.35. The van der Waals surface area contributed by atoms with E-state index in [4.69, 9.17) is 15.2 Å². The van der Waals surface area contributed by atoms with E-state index in [9.17, 15) is 14.4 Å². The van der Waals surface area contributed by atoms with Gasteiger partial charge in [-0.3, -0.25) is 9.59 Å². The monoisotopic (exact) mass is 483 g/mol. The van der Waals surface area contributed by atoms with Crippen LogP contribution in [0.25, 0.3) is 0 Å². The molecule has 0 fully saturated rings. The van der Waals surface area contributed by atoms with Crippen LogP contribution in [-0.4, -0.2) is 35.6 Å². The van der Waals surface area contributed by atoms with Crippen LogP contribution in [0.3, 0.4) is 0 Å². The number of rotatable bonds is 11. The molecule has 2 aromatic rings. The van der Waals surface area contributed by atoms with Gasteiger partial charge in [0, 0.05) is 6.42 Å². The lowest BCUT2D eigenvalue weighted by Crippen LogP contribution is -2.54. The summed E-state index contributed by atoms with van der Waals surface area (Å²) in [5.74, 6) is -0.300. The van der Waals surface area contributed by atoms with Gasteiger partial charge in [-0.15, -0.1) is 0 Å². The normalized spacial score (nSPS) is 13.0. The number of carbonyl (C=O) groups is 3. The summed E-state index contributed by atoms with van der Waals surface area (Å²) in [5.41, 5.74) is 6.61. The highest BCUT2D eigenvalue weighted by Gasteiger charge is 2.28. The number of amides is 3. The summed E-state index contributed by atoms with van der Waals surface area (Å²) in [4.78, 5) is 37.3. The van der Waals surface area contributed by atoms with Gasteiger partial charge in [0.2, 0.25) is 11.8 Å². The molecule has 0 aliphatic rings. The molecule has 0 saturated carbocycles. The number of ether oxygens (including phenoxy) is 2. The van der Waals surface area contributed by atoms with Gasteiger partial charge in [0.25, 0.3) is 0 Å². The van der Waals surface area contributed by atoms with Gasteiger partial charge in [-0.1, -0.05) is 56.3 Å². The van der Waals surface area contributed by atoms with Gasteiger partial charge in [0.05, 0.1) is 0 Å². The average Bonchev–Trinajstić information content (AvgIpc) is 2.76. The third-order valence-electron chi connectivity index (χ3n) is 4.99. The third kappa shape index (κ3) is 10.5. The first-order valence-electron chi connectivity index (χ1n) is 11.8. The van der Waals surface area contributed by atoms with Crippen molar-refractivity contribution in [3.05, 3.63) is 65.7 Å². The van der Waals surface area contributed by atoms with Crippen LogP contribution >= 0.6 is 0 Å². The zero-order valence-electron chi connectivity index (χ0n) is 21.2. The Morgan fingerprint density at radius 3 is 2.06 bits per heavy atom. The Labute approximate surface area is 207 Å². The molecule has 0 aliphatic carbocycles. The molecule has 2 aromatic carbocycles. The molecule has 2 rings (SSSR count). The molecule has 0 radical (unpaired) electrons. The molecule has 190 valence electrons. The van der Waals surface area contributed by atoms with Crippen molar-refractivity contribution in [2.75, 3.05) is 0 Å². The van der Waals surface area contributed by atoms with Crippen LogP contribution in [0.2, 0.25) is 0 Å². The molecular formula is C27H37N3O5. The Morgan fingerprint density at radius 2 is 1.51 bits per heavy atom. The zero-order valence-corrected chi connectivity index (χ0v) is 21.2. The third-order valence-corrected chi connectivity index (χ3v) is 4.99. The Kier molecular flexibility index (Phi) is 10.1. The molecule has 8 heteroatoms. The number of nitrogens with two attached hydrogens (primary N) is 1. The van der Waals surface area contributed by atoms with Gasteiger partial charge >= 0.3 is 6.09 Å². The van der Waals surface area contributed by atoms with Crippen molar-refractivity contribution in [3.8, 4) is 5.75 Å². The van der Waals surface area contributed by atoms with Gasteiger partial charge in [0.15, 0.2) is 0 Å². The van der Waals surface area contributed by atoms with Crippen molar-refractivity contribution in [2.24, 2.45) is 11.7 Å². The molecule has 0 spiro atoms. The van der Waals surface area contributed by atoms with Gasteiger partial charge in [-0.05, 0) is 56.4 Å². The van der Waals surface area contributed by atoms with E-state index in [0.717, 1.165) is 11.1 Å². The Bertz CT molecular complexity index is 969. The van der Waals surface area contributed by atoms with E-state index in [1.165, 1.54) is 0 Å². The number of primary amides is 1. The van der Waals surface area contributed by atoms with Gasteiger partial charge in [-0.2, -0.15) is 0 Å². The second-order valence-corrected chi connectivity index (χ2v) is 9.91. The van der Waals surface area contributed by atoms with Crippen molar-refractivity contribution >= 4 is 17.9 Å². The SMILES string of the molecule is CC(C)C[C@@H](NC(=O)[C@@H](Cc1ccc(OCc2ccccc2)cc1)NC(=O)OC(C)(C)C)C(N)=O. The first-order chi connectivity index (χ1) is 16.4. The van der Waals surface area contributed by atoms with Crippen LogP contribution in [0.1, 0.15) is 52.2 Å². The summed E-state index contributed by atoms with van der Waals surface area (Å²) >= 11 is 0. The van der Waals surface area contributed by atoms with Crippen LogP contribution in [0, 0.1) is 5.92 Å². The first-order valence-corrected chi connectivity index (χ1v) is 11.8.